The van der Waals surface area contributed by atoms with E-state index in [1.807, 2.05) is 72.7 Å². The molecule has 2 aromatic rings. The lowest BCUT2D eigenvalue weighted by Crippen LogP contribution is -2.47. The standard InChI is InChI=1S/C24H32BrN3O4/c1-22(2,3)31-20(29)27-14-8-13-24(27,7)19-26-15-18(16-9-11-17(25)12-10-16)28(19)21(30)32-23(4,5)6/h9-12,15H,8,13-14H2,1-7H3/t24-/m0/s1. The molecule has 8 heteroatoms. The molecule has 174 valence electrons. The lowest BCUT2D eigenvalue weighted by atomic mass is 9.98. The maximum atomic E-state index is 13.4. The molecule has 0 radical (unpaired) electrons. The highest BCUT2D eigenvalue weighted by atomic mass is 79.9. The van der Waals surface area contributed by atoms with Gasteiger partial charge in [0.15, 0.2) is 0 Å². The van der Waals surface area contributed by atoms with Crippen molar-refractivity contribution < 1.29 is 19.1 Å². The zero-order valence-corrected chi connectivity index (χ0v) is 21.4. The Kier molecular flexibility index (Phi) is 6.48. The van der Waals surface area contributed by atoms with Crippen molar-refractivity contribution in [2.75, 3.05) is 6.54 Å². The molecule has 32 heavy (non-hydrogen) atoms. The molecule has 0 N–H and O–H groups in total. The van der Waals surface area contributed by atoms with Crippen molar-refractivity contribution in [3.05, 3.63) is 40.8 Å². The quantitative estimate of drug-likeness (QED) is 0.475. The number of benzene rings is 1. The number of halogens is 1. The first-order valence-corrected chi connectivity index (χ1v) is 11.6. The topological polar surface area (TPSA) is 73.7 Å². The highest BCUT2D eigenvalue weighted by Crippen LogP contribution is 2.40. The Morgan fingerprint density at radius 2 is 1.56 bits per heavy atom. The van der Waals surface area contributed by atoms with E-state index in [1.54, 1.807) is 11.1 Å². The number of carbonyl (C=O) groups excluding carboxylic acids is 2. The van der Waals surface area contributed by atoms with E-state index in [0.29, 0.717) is 24.5 Å². The summed E-state index contributed by atoms with van der Waals surface area (Å²) in [5.74, 6) is 0.466. The fraction of sp³-hybridized carbons (Fsp3) is 0.542. The molecular weight excluding hydrogens is 474 g/mol. The van der Waals surface area contributed by atoms with Crippen LogP contribution in [0, 0.1) is 0 Å². The van der Waals surface area contributed by atoms with Crippen LogP contribution in [0.3, 0.4) is 0 Å². The van der Waals surface area contributed by atoms with E-state index in [2.05, 4.69) is 20.9 Å². The predicted molar refractivity (Wildman–Crippen MR) is 127 cm³/mol. The molecule has 0 unspecified atom stereocenters. The first-order chi connectivity index (χ1) is 14.7. The van der Waals surface area contributed by atoms with Gasteiger partial charge in [0.25, 0.3) is 0 Å². The maximum Gasteiger partial charge on any atom is 0.420 e. The predicted octanol–water partition coefficient (Wildman–Crippen LogP) is 6.34. The summed E-state index contributed by atoms with van der Waals surface area (Å²) in [5, 5.41) is 0. The molecule has 1 aliphatic heterocycles. The normalized spacial score (nSPS) is 19.2. The number of aromatic nitrogens is 2. The molecule has 3 rings (SSSR count). The summed E-state index contributed by atoms with van der Waals surface area (Å²) >= 11 is 3.45. The van der Waals surface area contributed by atoms with Gasteiger partial charge in [0, 0.05) is 16.6 Å². The number of nitrogens with zero attached hydrogens (tertiary/aromatic N) is 3. The van der Waals surface area contributed by atoms with Gasteiger partial charge in [-0.2, -0.15) is 0 Å². The molecule has 1 amide bonds. The number of likely N-dealkylation sites (tertiary alicyclic amines) is 1. The van der Waals surface area contributed by atoms with Gasteiger partial charge in [0.2, 0.25) is 0 Å². The molecule has 7 nitrogen and oxygen atoms in total. The van der Waals surface area contributed by atoms with Gasteiger partial charge in [0.1, 0.15) is 22.6 Å². The van der Waals surface area contributed by atoms with Crippen molar-refractivity contribution in [3.8, 4) is 11.3 Å². The van der Waals surface area contributed by atoms with Gasteiger partial charge >= 0.3 is 12.2 Å². The lowest BCUT2D eigenvalue weighted by molar-refractivity contribution is 0.00704. The Bertz CT molecular complexity index is 1000. The van der Waals surface area contributed by atoms with Crippen LogP contribution < -0.4 is 0 Å². The van der Waals surface area contributed by atoms with Crippen LogP contribution in [0.4, 0.5) is 9.59 Å². The third-order valence-corrected chi connectivity index (χ3v) is 5.74. The van der Waals surface area contributed by atoms with Crippen LogP contribution in [0.15, 0.2) is 34.9 Å². The molecule has 1 aromatic carbocycles. The zero-order chi connectivity index (χ0) is 23.9. The summed E-state index contributed by atoms with van der Waals surface area (Å²) in [6, 6.07) is 7.64. The average Bonchev–Trinajstić information content (AvgIpc) is 3.24. The molecule has 0 spiro atoms. The van der Waals surface area contributed by atoms with Gasteiger partial charge in [-0.25, -0.2) is 19.1 Å². The third kappa shape index (κ3) is 5.17. The molecule has 0 aliphatic carbocycles. The molecule has 1 atom stereocenters. The molecule has 0 bridgehead atoms. The van der Waals surface area contributed by atoms with Crippen LogP contribution in [0.1, 0.15) is 67.1 Å². The van der Waals surface area contributed by atoms with Crippen molar-refractivity contribution >= 4 is 28.1 Å². The fourth-order valence-electron chi connectivity index (χ4n) is 3.85. The Balaban J connectivity index is 2.11. The van der Waals surface area contributed by atoms with Gasteiger partial charge in [0.05, 0.1) is 11.9 Å². The van der Waals surface area contributed by atoms with Gasteiger partial charge in [-0.05, 0) is 73.4 Å². The van der Waals surface area contributed by atoms with Crippen LogP contribution in [0.2, 0.25) is 0 Å². The Labute approximate surface area is 198 Å². The molecule has 0 saturated carbocycles. The summed E-state index contributed by atoms with van der Waals surface area (Å²) in [6.07, 6.45) is 2.16. The van der Waals surface area contributed by atoms with Gasteiger partial charge in [-0.3, -0.25) is 4.90 Å². The zero-order valence-electron chi connectivity index (χ0n) is 19.9. The van der Waals surface area contributed by atoms with Gasteiger partial charge in [-0.1, -0.05) is 28.1 Å². The van der Waals surface area contributed by atoms with E-state index in [9.17, 15) is 9.59 Å². The van der Waals surface area contributed by atoms with Crippen molar-refractivity contribution in [1.82, 2.24) is 14.5 Å². The minimum atomic E-state index is -0.813. The molecular formula is C24H32BrN3O4. The van der Waals surface area contributed by atoms with Crippen LogP contribution in [-0.2, 0) is 15.0 Å². The van der Waals surface area contributed by atoms with E-state index in [0.717, 1.165) is 16.5 Å². The van der Waals surface area contributed by atoms with Crippen LogP contribution in [-0.4, -0.2) is 44.4 Å². The summed E-state index contributed by atoms with van der Waals surface area (Å²) < 4.78 is 13.8. The van der Waals surface area contributed by atoms with Crippen molar-refractivity contribution in [2.24, 2.45) is 0 Å². The maximum absolute atomic E-state index is 13.4. The first-order valence-electron chi connectivity index (χ1n) is 10.8. The molecule has 1 aromatic heterocycles. The van der Waals surface area contributed by atoms with Crippen LogP contribution in [0.25, 0.3) is 11.3 Å². The molecule has 2 heterocycles. The second-order valence-corrected chi connectivity index (χ2v) is 11.2. The van der Waals surface area contributed by atoms with E-state index in [-0.39, 0.29) is 0 Å². The Hall–Kier alpha value is -2.35. The largest absolute Gasteiger partial charge is 0.444 e. The molecule has 1 aliphatic rings. The van der Waals surface area contributed by atoms with E-state index in [1.165, 1.54) is 4.57 Å². The van der Waals surface area contributed by atoms with Crippen LogP contribution >= 0.6 is 15.9 Å². The number of rotatable bonds is 2. The SMILES string of the molecule is CC(C)(C)OC(=O)N1CCC[C@@]1(C)c1ncc(-c2ccc(Br)cc2)n1C(=O)OC(C)(C)C. The van der Waals surface area contributed by atoms with Gasteiger partial charge in [-0.15, -0.1) is 0 Å². The molecule has 1 fully saturated rings. The average molecular weight is 506 g/mol. The van der Waals surface area contributed by atoms with E-state index in [4.69, 9.17) is 9.47 Å². The fourth-order valence-corrected chi connectivity index (χ4v) is 4.12. The van der Waals surface area contributed by atoms with Crippen molar-refractivity contribution in [2.45, 2.75) is 78.0 Å². The Morgan fingerprint density at radius 3 is 2.12 bits per heavy atom. The number of hydrogen-bond acceptors (Lipinski definition) is 5. The number of amides is 1. The van der Waals surface area contributed by atoms with E-state index < -0.39 is 28.9 Å². The number of hydrogen-bond donors (Lipinski definition) is 0. The summed E-state index contributed by atoms with van der Waals surface area (Å²) in [7, 11) is 0. The Morgan fingerprint density at radius 1 is 1.00 bits per heavy atom. The van der Waals surface area contributed by atoms with Crippen molar-refractivity contribution in [3.63, 3.8) is 0 Å². The van der Waals surface area contributed by atoms with Crippen LogP contribution in [0.5, 0.6) is 0 Å². The second kappa shape index (κ2) is 8.54. The lowest BCUT2D eigenvalue weighted by Gasteiger charge is -2.36. The smallest absolute Gasteiger partial charge is 0.420 e. The minimum Gasteiger partial charge on any atom is -0.444 e. The second-order valence-electron chi connectivity index (χ2n) is 10.3. The third-order valence-electron chi connectivity index (χ3n) is 5.21. The summed E-state index contributed by atoms with van der Waals surface area (Å²) in [6.45, 7) is 13.4. The highest BCUT2D eigenvalue weighted by Gasteiger charge is 2.47. The number of imidazole rings is 1. The minimum absolute atomic E-state index is 0.415. The van der Waals surface area contributed by atoms with E-state index >= 15 is 0 Å². The monoisotopic (exact) mass is 505 g/mol. The summed E-state index contributed by atoms with van der Waals surface area (Å²) in [5.41, 5.74) is -0.685. The van der Waals surface area contributed by atoms with Crippen molar-refractivity contribution in [1.29, 1.82) is 0 Å². The number of carbonyl (C=O) groups is 2. The highest BCUT2D eigenvalue weighted by molar-refractivity contribution is 9.10. The van der Waals surface area contributed by atoms with Gasteiger partial charge < -0.3 is 9.47 Å². The number of ether oxygens (including phenoxy) is 2. The molecule has 1 saturated heterocycles. The first kappa shape index (κ1) is 24.3. The summed E-state index contributed by atoms with van der Waals surface area (Å²) in [4.78, 5) is 32.7.